The Bertz CT molecular complexity index is 915. The molecule has 3 aliphatic rings. The number of benzene rings is 1. The van der Waals surface area contributed by atoms with Gasteiger partial charge in [-0.3, -0.25) is 4.79 Å². The van der Waals surface area contributed by atoms with Crippen molar-refractivity contribution in [2.75, 3.05) is 19.6 Å². The summed E-state index contributed by atoms with van der Waals surface area (Å²) < 4.78 is 28.5. The number of rotatable bonds is 3. The SMILES string of the molecule is N#CCN(C(=O)C1CCCN(C2=NS(=O)(=O)c3ccccc32)C1)C1CC1. The molecule has 0 bridgehead atoms. The number of fused-ring (bicyclic) bond motifs is 1. The number of amidine groups is 1. The number of piperidine rings is 1. The topological polar surface area (TPSA) is 93.8 Å². The van der Waals surface area contributed by atoms with Gasteiger partial charge < -0.3 is 9.80 Å². The van der Waals surface area contributed by atoms with Gasteiger partial charge in [0.2, 0.25) is 5.91 Å². The van der Waals surface area contributed by atoms with Gasteiger partial charge in [-0.05, 0) is 37.8 Å². The Balaban J connectivity index is 1.56. The minimum Gasteiger partial charge on any atom is -0.355 e. The van der Waals surface area contributed by atoms with E-state index in [1.54, 1.807) is 29.2 Å². The molecule has 0 aromatic heterocycles. The summed E-state index contributed by atoms with van der Waals surface area (Å²) >= 11 is 0. The second-order valence-electron chi connectivity index (χ2n) is 7.03. The monoisotopic (exact) mass is 372 g/mol. The number of nitrogens with zero attached hydrogens (tertiary/aromatic N) is 4. The van der Waals surface area contributed by atoms with Gasteiger partial charge in [-0.15, -0.1) is 4.40 Å². The second kappa shape index (κ2) is 6.40. The van der Waals surface area contributed by atoms with E-state index in [1.165, 1.54) is 0 Å². The van der Waals surface area contributed by atoms with Crippen LogP contribution in [0.4, 0.5) is 0 Å². The van der Waals surface area contributed by atoms with E-state index in [0.29, 0.717) is 24.5 Å². The molecule has 8 heteroatoms. The molecule has 26 heavy (non-hydrogen) atoms. The molecule has 136 valence electrons. The molecule has 1 amide bonds. The van der Waals surface area contributed by atoms with Gasteiger partial charge in [0.1, 0.15) is 11.4 Å². The number of amides is 1. The standard InChI is InChI=1S/C18H20N4O3S/c19-9-11-22(14-7-8-14)18(23)13-4-3-10-21(12-13)17-15-5-1-2-6-16(15)26(24,25)20-17/h1-2,5-6,13-14H,3-4,7-8,10-12H2. The number of carbonyl (C=O) groups excluding carboxylic acids is 1. The van der Waals surface area contributed by atoms with Crippen molar-refractivity contribution in [3.8, 4) is 6.07 Å². The van der Waals surface area contributed by atoms with Gasteiger partial charge in [0.15, 0.2) is 5.84 Å². The highest BCUT2D eigenvalue weighted by atomic mass is 32.2. The Hall–Kier alpha value is -2.40. The van der Waals surface area contributed by atoms with Gasteiger partial charge in [-0.1, -0.05) is 12.1 Å². The van der Waals surface area contributed by atoms with Crippen LogP contribution in [0.1, 0.15) is 31.2 Å². The lowest BCUT2D eigenvalue weighted by Crippen LogP contribution is -2.47. The van der Waals surface area contributed by atoms with Crippen LogP contribution in [0.3, 0.4) is 0 Å². The van der Waals surface area contributed by atoms with E-state index < -0.39 is 10.0 Å². The van der Waals surface area contributed by atoms with E-state index in [2.05, 4.69) is 10.5 Å². The summed E-state index contributed by atoms with van der Waals surface area (Å²) in [6, 6.07) is 9.09. The maximum absolute atomic E-state index is 12.9. The summed E-state index contributed by atoms with van der Waals surface area (Å²) in [7, 11) is -3.66. The maximum Gasteiger partial charge on any atom is 0.285 e. The number of hydrogen-bond donors (Lipinski definition) is 0. The number of hydrogen-bond acceptors (Lipinski definition) is 5. The molecule has 1 aromatic carbocycles. The lowest BCUT2D eigenvalue weighted by Gasteiger charge is -2.35. The van der Waals surface area contributed by atoms with Gasteiger partial charge >= 0.3 is 0 Å². The lowest BCUT2D eigenvalue weighted by molar-refractivity contribution is -0.136. The third kappa shape index (κ3) is 2.97. The summed E-state index contributed by atoms with van der Waals surface area (Å²) in [4.78, 5) is 16.7. The molecule has 2 fully saturated rings. The normalized spacial score (nSPS) is 23.7. The van der Waals surface area contributed by atoms with Crippen LogP contribution in [0.25, 0.3) is 0 Å². The number of likely N-dealkylation sites (tertiary alicyclic amines) is 1. The average Bonchev–Trinajstić information content (AvgIpc) is 3.45. The number of nitriles is 1. The van der Waals surface area contributed by atoms with Crippen LogP contribution in [-0.2, 0) is 14.8 Å². The predicted octanol–water partition coefficient (Wildman–Crippen LogP) is 1.36. The first-order valence-corrected chi connectivity index (χ1v) is 10.3. The summed E-state index contributed by atoms with van der Waals surface area (Å²) in [5.41, 5.74) is 0.608. The van der Waals surface area contributed by atoms with Crippen LogP contribution in [0.15, 0.2) is 33.6 Å². The molecular formula is C18H20N4O3S. The molecule has 0 radical (unpaired) electrons. The molecule has 1 aliphatic carbocycles. The van der Waals surface area contributed by atoms with Crippen LogP contribution >= 0.6 is 0 Å². The third-order valence-electron chi connectivity index (χ3n) is 5.19. The van der Waals surface area contributed by atoms with Gasteiger partial charge in [0.25, 0.3) is 10.0 Å². The summed E-state index contributed by atoms with van der Waals surface area (Å²) in [6.07, 6.45) is 3.47. The fourth-order valence-corrected chi connectivity index (χ4v) is 5.00. The first-order chi connectivity index (χ1) is 12.5. The van der Waals surface area contributed by atoms with Crippen molar-refractivity contribution in [2.45, 2.75) is 36.6 Å². The van der Waals surface area contributed by atoms with Crippen LogP contribution < -0.4 is 0 Å². The van der Waals surface area contributed by atoms with E-state index in [1.807, 2.05) is 4.90 Å². The average molecular weight is 372 g/mol. The molecule has 1 saturated carbocycles. The largest absolute Gasteiger partial charge is 0.355 e. The van der Waals surface area contributed by atoms with Crippen molar-refractivity contribution in [1.82, 2.24) is 9.80 Å². The molecule has 1 atom stereocenters. The highest BCUT2D eigenvalue weighted by Gasteiger charge is 2.39. The third-order valence-corrected chi connectivity index (χ3v) is 6.52. The summed E-state index contributed by atoms with van der Waals surface area (Å²) in [5, 5.41) is 9.01. The molecule has 2 aliphatic heterocycles. The van der Waals surface area contributed by atoms with Gasteiger partial charge in [-0.25, -0.2) is 0 Å². The smallest absolute Gasteiger partial charge is 0.285 e. The molecule has 1 unspecified atom stereocenters. The van der Waals surface area contributed by atoms with E-state index in [0.717, 1.165) is 25.7 Å². The van der Waals surface area contributed by atoms with Crippen LogP contribution in [0.5, 0.6) is 0 Å². The minimum atomic E-state index is -3.66. The molecule has 2 heterocycles. The molecule has 4 rings (SSSR count). The Morgan fingerprint density at radius 3 is 2.81 bits per heavy atom. The second-order valence-corrected chi connectivity index (χ2v) is 8.60. The molecule has 0 spiro atoms. The van der Waals surface area contributed by atoms with Gasteiger partial charge in [0.05, 0.1) is 12.0 Å². The Morgan fingerprint density at radius 2 is 2.08 bits per heavy atom. The summed E-state index contributed by atoms with van der Waals surface area (Å²) in [5.74, 6) is 0.223. The Kier molecular flexibility index (Phi) is 4.19. The fraction of sp³-hybridized carbons (Fsp3) is 0.500. The van der Waals surface area contributed by atoms with Crippen molar-refractivity contribution in [3.63, 3.8) is 0 Å². The van der Waals surface area contributed by atoms with Crippen LogP contribution in [-0.4, -0.2) is 55.6 Å². The van der Waals surface area contributed by atoms with Crippen molar-refractivity contribution in [2.24, 2.45) is 10.3 Å². The van der Waals surface area contributed by atoms with Crippen molar-refractivity contribution >= 4 is 21.8 Å². The first-order valence-electron chi connectivity index (χ1n) is 8.88. The first kappa shape index (κ1) is 17.0. The highest BCUT2D eigenvalue weighted by molar-refractivity contribution is 7.90. The molecule has 1 aromatic rings. The predicted molar refractivity (Wildman–Crippen MR) is 94.8 cm³/mol. The van der Waals surface area contributed by atoms with E-state index in [9.17, 15) is 13.2 Å². The molecule has 1 saturated heterocycles. The Morgan fingerprint density at radius 1 is 1.31 bits per heavy atom. The van der Waals surface area contributed by atoms with Gasteiger partial charge in [-0.2, -0.15) is 13.7 Å². The zero-order chi connectivity index (χ0) is 18.3. The highest BCUT2D eigenvalue weighted by Crippen LogP contribution is 2.32. The zero-order valence-electron chi connectivity index (χ0n) is 14.3. The van der Waals surface area contributed by atoms with E-state index >= 15 is 0 Å². The Labute approximate surface area is 153 Å². The maximum atomic E-state index is 12.9. The van der Waals surface area contributed by atoms with Crippen molar-refractivity contribution in [3.05, 3.63) is 29.8 Å². The summed E-state index contributed by atoms with van der Waals surface area (Å²) in [6.45, 7) is 1.24. The fourth-order valence-electron chi connectivity index (χ4n) is 3.77. The minimum absolute atomic E-state index is 0.00786. The number of sulfonamides is 1. The molecule has 7 nitrogen and oxygen atoms in total. The quantitative estimate of drug-likeness (QED) is 0.747. The van der Waals surface area contributed by atoms with Crippen LogP contribution in [0.2, 0.25) is 0 Å². The zero-order valence-corrected chi connectivity index (χ0v) is 15.2. The van der Waals surface area contributed by atoms with Gasteiger partial charge in [0, 0.05) is 24.7 Å². The van der Waals surface area contributed by atoms with Crippen molar-refractivity contribution in [1.29, 1.82) is 5.26 Å². The van der Waals surface area contributed by atoms with Crippen molar-refractivity contribution < 1.29 is 13.2 Å². The van der Waals surface area contributed by atoms with E-state index in [-0.39, 0.29) is 29.3 Å². The van der Waals surface area contributed by atoms with E-state index in [4.69, 9.17) is 5.26 Å². The lowest BCUT2D eigenvalue weighted by atomic mass is 9.95. The van der Waals surface area contributed by atoms with Crippen LogP contribution in [0, 0.1) is 17.2 Å². The number of carbonyl (C=O) groups is 1. The molecule has 0 N–H and O–H groups in total. The molecular weight excluding hydrogens is 352 g/mol.